The highest BCUT2D eigenvalue weighted by Gasteiger charge is 2.39. The molecular weight excluding hydrogens is 270 g/mol. The van der Waals surface area contributed by atoms with Gasteiger partial charge in [0.15, 0.2) is 0 Å². The van der Waals surface area contributed by atoms with Crippen molar-refractivity contribution in [2.45, 2.75) is 6.18 Å². The second-order valence-electron chi connectivity index (χ2n) is 4.42. The van der Waals surface area contributed by atoms with Gasteiger partial charge in [0, 0.05) is 22.6 Å². The van der Waals surface area contributed by atoms with Gasteiger partial charge in [0.1, 0.15) is 11.5 Å². The first kappa shape index (κ1) is 12.7. The summed E-state index contributed by atoms with van der Waals surface area (Å²) in [6.07, 6.45) is -2.88. The van der Waals surface area contributed by atoms with E-state index in [2.05, 4.69) is 18.1 Å². The van der Waals surface area contributed by atoms with Gasteiger partial charge in [0.25, 0.3) is 0 Å². The van der Waals surface area contributed by atoms with E-state index < -0.39 is 18.9 Å². The number of aromatic nitrogens is 1. The van der Waals surface area contributed by atoms with Crippen LogP contribution in [-0.4, -0.2) is 12.1 Å². The van der Waals surface area contributed by atoms with Crippen LogP contribution in [0.15, 0.2) is 49.1 Å². The lowest BCUT2D eigenvalue weighted by Crippen LogP contribution is -2.32. The Kier molecular flexibility index (Phi) is 2.60. The maximum Gasteiger partial charge on any atom is 0.633 e. The van der Waals surface area contributed by atoms with Gasteiger partial charge in [-0.05, 0) is 18.2 Å². The van der Waals surface area contributed by atoms with Crippen LogP contribution in [0, 0.1) is 0 Å². The second-order valence-corrected chi connectivity index (χ2v) is 4.42. The quantitative estimate of drug-likeness (QED) is 0.814. The van der Waals surface area contributed by atoms with E-state index in [9.17, 15) is 13.2 Å². The van der Waals surface area contributed by atoms with Gasteiger partial charge in [-0.3, -0.25) is 0 Å². The SMILES string of the molecule is C=C1OB(c2cc(C(F)(F)F)cc3[nH]ccc23)OC1=C. The van der Waals surface area contributed by atoms with Crippen LogP contribution in [0.5, 0.6) is 0 Å². The molecule has 1 saturated heterocycles. The monoisotopic (exact) mass is 279 g/mol. The average molecular weight is 279 g/mol. The van der Waals surface area contributed by atoms with E-state index in [0.717, 1.165) is 12.1 Å². The molecule has 1 N–H and O–H groups in total. The van der Waals surface area contributed by atoms with Crippen LogP contribution in [0.1, 0.15) is 5.56 Å². The Bertz CT molecular complexity index is 704. The highest BCUT2D eigenvalue weighted by atomic mass is 19.4. The number of rotatable bonds is 1. The summed E-state index contributed by atoms with van der Waals surface area (Å²) in [4.78, 5) is 2.76. The van der Waals surface area contributed by atoms with Crippen molar-refractivity contribution in [2.75, 3.05) is 0 Å². The fourth-order valence-electron chi connectivity index (χ4n) is 2.10. The maximum atomic E-state index is 12.9. The first-order valence-corrected chi connectivity index (χ1v) is 5.76. The van der Waals surface area contributed by atoms with E-state index in [4.69, 9.17) is 9.31 Å². The lowest BCUT2D eigenvalue weighted by atomic mass is 9.76. The van der Waals surface area contributed by atoms with E-state index in [-0.39, 0.29) is 17.0 Å². The minimum atomic E-state index is -4.44. The van der Waals surface area contributed by atoms with Gasteiger partial charge < -0.3 is 14.3 Å². The molecule has 0 bridgehead atoms. The Hall–Kier alpha value is -2.31. The Labute approximate surface area is 112 Å². The number of hydrogen-bond acceptors (Lipinski definition) is 2. The molecule has 102 valence electrons. The summed E-state index contributed by atoms with van der Waals surface area (Å²) < 4.78 is 49.3. The number of halogens is 3. The molecule has 0 spiro atoms. The van der Waals surface area contributed by atoms with Gasteiger partial charge in [0.2, 0.25) is 0 Å². The molecule has 20 heavy (non-hydrogen) atoms. The molecule has 1 aromatic heterocycles. The zero-order valence-electron chi connectivity index (χ0n) is 10.3. The summed E-state index contributed by atoms with van der Waals surface area (Å²) in [6.45, 7) is 7.15. The molecule has 7 heteroatoms. The molecular formula is C13H9BF3NO2. The highest BCUT2D eigenvalue weighted by Crippen LogP contribution is 2.31. The number of hydrogen-bond donors (Lipinski definition) is 1. The zero-order valence-corrected chi connectivity index (χ0v) is 10.3. The van der Waals surface area contributed by atoms with Crippen molar-refractivity contribution in [3.05, 3.63) is 54.6 Å². The van der Waals surface area contributed by atoms with Crippen molar-refractivity contribution in [2.24, 2.45) is 0 Å². The molecule has 2 heterocycles. The van der Waals surface area contributed by atoms with Crippen molar-refractivity contribution in [1.82, 2.24) is 4.98 Å². The largest absolute Gasteiger partial charge is 0.633 e. The van der Waals surface area contributed by atoms with Gasteiger partial charge in [-0.25, -0.2) is 0 Å². The van der Waals surface area contributed by atoms with Gasteiger partial charge >= 0.3 is 13.3 Å². The summed E-state index contributed by atoms with van der Waals surface area (Å²) in [5, 5.41) is 0.602. The number of benzene rings is 1. The van der Waals surface area contributed by atoms with Crippen LogP contribution in [0.2, 0.25) is 0 Å². The van der Waals surface area contributed by atoms with Crippen molar-refractivity contribution in [3.8, 4) is 0 Å². The summed E-state index contributed by atoms with van der Waals surface area (Å²) in [6, 6.07) is 3.74. The van der Waals surface area contributed by atoms with E-state index in [1.165, 1.54) is 0 Å². The number of fused-ring (bicyclic) bond motifs is 1. The Morgan fingerprint density at radius 1 is 1.10 bits per heavy atom. The molecule has 0 atom stereocenters. The second kappa shape index (κ2) is 4.09. The van der Waals surface area contributed by atoms with Gasteiger partial charge in [0.05, 0.1) is 5.56 Å². The van der Waals surface area contributed by atoms with E-state index in [0.29, 0.717) is 10.9 Å². The van der Waals surface area contributed by atoms with Crippen LogP contribution in [0.4, 0.5) is 13.2 Å². The number of nitrogens with one attached hydrogen (secondary N) is 1. The third-order valence-electron chi connectivity index (χ3n) is 3.09. The Balaban J connectivity index is 2.16. The van der Waals surface area contributed by atoms with Crippen LogP contribution in [0.25, 0.3) is 10.9 Å². The van der Waals surface area contributed by atoms with Crippen molar-refractivity contribution in [3.63, 3.8) is 0 Å². The molecule has 3 nitrogen and oxygen atoms in total. The molecule has 0 radical (unpaired) electrons. The molecule has 1 aromatic carbocycles. The average Bonchev–Trinajstić information content (AvgIpc) is 2.94. The lowest BCUT2D eigenvalue weighted by Gasteiger charge is -2.11. The molecule has 0 saturated carbocycles. The predicted molar refractivity (Wildman–Crippen MR) is 69.1 cm³/mol. The summed E-state index contributed by atoms with van der Waals surface area (Å²) in [5.41, 5.74) is -0.112. The molecule has 1 fully saturated rings. The first-order valence-electron chi connectivity index (χ1n) is 5.76. The molecule has 0 aliphatic carbocycles. The topological polar surface area (TPSA) is 34.2 Å². The highest BCUT2D eigenvalue weighted by molar-refractivity contribution is 6.65. The summed E-state index contributed by atoms with van der Waals surface area (Å²) >= 11 is 0. The van der Waals surface area contributed by atoms with Crippen LogP contribution < -0.4 is 5.46 Å². The van der Waals surface area contributed by atoms with Crippen LogP contribution in [0.3, 0.4) is 0 Å². The fraction of sp³-hybridized carbons (Fsp3) is 0.0769. The van der Waals surface area contributed by atoms with Gasteiger partial charge in [-0.2, -0.15) is 13.2 Å². The number of H-pyrrole nitrogens is 1. The molecule has 1 aliphatic rings. The minimum absolute atomic E-state index is 0.219. The Morgan fingerprint density at radius 3 is 2.35 bits per heavy atom. The maximum absolute atomic E-state index is 12.9. The fourth-order valence-corrected chi connectivity index (χ4v) is 2.10. The summed E-state index contributed by atoms with van der Waals surface area (Å²) in [7, 11) is -0.962. The first-order chi connectivity index (χ1) is 9.36. The molecule has 1 aliphatic heterocycles. The molecule has 0 unspecified atom stereocenters. The molecule has 0 amide bonds. The molecule has 2 aromatic rings. The third kappa shape index (κ3) is 1.95. The van der Waals surface area contributed by atoms with E-state index in [1.54, 1.807) is 12.3 Å². The standard InChI is InChI=1S/C13H9BF3NO2/c1-7-8(2)20-14(19-7)11-5-9(13(15,16)17)6-12-10(11)3-4-18-12/h3-6,18H,1-2H2. The summed E-state index contributed by atoms with van der Waals surface area (Å²) in [5.74, 6) is 0.437. The Morgan fingerprint density at radius 2 is 1.75 bits per heavy atom. The van der Waals surface area contributed by atoms with E-state index >= 15 is 0 Å². The van der Waals surface area contributed by atoms with Crippen LogP contribution in [-0.2, 0) is 15.5 Å². The van der Waals surface area contributed by atoms with Gasteiger partial charge in [-0.15, -0.1) is 0 Å². The normalized spacial score (nSPS) is 15.7. The predicted octanol–water partition coefficient (Wildman–Crippen LogP) is 2.96. The van der Waals surface area contributed by atoms with Crippen molar-refractivity contribution >= 4 is 23.5 Å². The number of aromatic amines is 1. The van der Waals surface area contributed by atoms with Gasteiger partial charge in [-0.1, -0.05) is 13.2 Å². The van der Waals surface area contributed by atoms with Crippen molar-refractivity contribution in [1.29, 1.82) is 0 Å². The lowest BCUT2D eigenvalue weighted by molar-refractivity contribution is -0.137. The van der Waals surface area contributed by atoms with Crippen LogP contribution >= 0.6 is 0 Å². The number of alkyl halides is 3. The molecule has 3 rings (SSSR count). The third-order valence-corrected chi connectivity index (χ3v) is 3.09. The van der Waals surface area contributed by atoms with E-state index in [1.807, 2.05) is 0 Å². The zero-order chi connectivity index (χ0) is 14.5. The minimum Gasteiger partial charge on any atom is -0.520 e. The smallest absolute Gasteiger partial charge is 0.520 e. The van der Waals surface area contributed by atoms with Crippen molar-refractivity contribution < 1.29 is 22.5 Å².